The van der Waals surface area contributed by atoms with Crippen LogP contribution in [0.3, 0.4) is 0 Å². The molecular formula is C12H9N5OS. The maximum Gasteiger partial charge on any atom is 0.279 e. The first-order chi connectivity index (χ1) is 9.33. The lowest BCUT2D eigenvalue weighted by molar-refractivity contribution is 0.102. The van der Waals surface area contributed by atoms with E-state index in [-0.39, 0.29) is 11.6 Å². The van der Waals surface area contributed by atoms with Crippen LogP contribution in [0.4, 0.5) is 5.13 Å². The van der Waals surface area contributed by atoms with Crippen LogP contribution in [-0.4, -0.2) is 25.9 Å². The van der Waals surface area contributed by atoms with E-state index in [0.717, 1.165) is 5.69 Å². The van der Waals surface area contributed by atoms with Crippen LogP contribution < -0.4 is 5.32 Å². The van der Waals surface area contributed by atoms with Gasteiger partial charge in [0.25, 0.3) is 5.91 Å². The van der Waals surface area contributed by atoms with E-state index in [1.54, 1.807) is 22.5 Å². The third-order valence-electron chi connectivity index (χ3n) is 2.40. The summed E-state index contributed by atoms with van der Waals surface area (Å²) in [6.45, 7) is 0. The van der Waals surface area contributed by atoms with Gasteiger partial charge in [-0.1, -0.05) is 23.4 Å². The number of carbonyl (C=O) groups excluding carboxylic acids is 1. The van der Waals surface area contributed by atoms with Gasteiger partial charge in [0, 0.05) is 11.6 Å². The minimum absolute atomic E-state index is 0.249. The van der Waals surface area contributed by atoms with E-state index in [2.05, 4.69) is 20.6 Å². The molecule has 0 aliphatic heterocycles. The Morgan fingerprint density at radius 2 is 2.11 bits per heavy atom. The van der Waals surface area contributed by atoms with Gasteiger partial charge in [-0.05, 0) is 12.1 Å². The number of benzene rings is 1. The van der Waals surface area contributed by atoms with E-state index in [4.69, 9.17) is 0 Å². The lowest BCUT2D eigenvalue weighted by Gasteiger charge is -1.98. The second-order valence-corrected chi connectivity index (χ2v) is 4.57. The van der Waals surface area contributed by atoms with E-state index < -0.39 is 0 Å². The average Bonchev–Trinajstić information content (AvgIpc) is 3.10. The molecule has 0 aliphatic carbocycles. The highest BCUT2D eigenvalue weighted by Crippen LogP contribution is 2.12. The van der Waals surface area contributed by atoms with Gasteiger partial charge in [-0.15, -0.1) is 16.4 Å². The highest BCUT2D eigenvalue weighted by molar-refractivity contribution is 7.13. The van der Waals surface area contributed by atoms with Gasteiger partial charge in [0.15, 0.2) is 10.8 Å². The molecule has 3 aromatic rings. The van der Waals surface area contributed by atoms with Crippen LogP contribution in [-0.2, 0) is 0 Å². The summed E-state index contributed by atoms with van der Waals surface area (Å²) < 4.78 is 1.55. The van der Waals surface area contributed by atoms with Crippen LogP contribution in [0.2, 0.25) is 0 Å². The Bertz CT molecular complexity index is 677. The fourth-order valence-electron chi connectivity index (χ4n) is 1.52. The van der Waals surface area contributed by atoms with Gasteiger partial charge >= 0.3 is 0 Å². The van der Waals surface area contributed by atoms with Crippen molar-refractivity contribution >= 4 is 22.4 Å². The largest absolute Gasteiger partial charge is 0.296 e. The molecule has 1 aromatic carbocycles. The summed E-state index contributed by atoms with van der Waals surface area (Å²) in [6, 6.07) is 9.48. The molecular weight excluding hydrogens is 262 g/mol. The van der Waals surface area contributed by atoms with E-state index in [1.165, 1.54) is 11.3 Å². The van der Waals surface area contributed by atoms with Crippen molar-refractivity contribution in [1.82, 2.24) is 20.0 Å². The maximum atomic E-state index is 11.9. The van der Waals surface area contributed by atoms with E-state index in [9.17, 15) is 4.79 Å². The molecule has 0 bridgehead atoms. The van der Waals surface area contributed by atoms with Crippen LogP contribution in [0, 0.1) is 0 Å². The maximum absolute atomic E-state index is 11.9. The lowest BCUT2D eigenvalue weighted by atomic mass is 10.3. The number of aromatic nitrogens is 4. The van der Waals surface area contributed by atoms with Gasteiger partial charge < -0.3 is 0 Å². The summed E-state index contributed by atoms with van der Waals surface area (Å²) in [7, 11) is 0. The SMILES string of the molecule is O=C(Nc1nccs1)c1cn(-c2ccccc2)nn1. The standard InChI is InChI=1S/C12H9N5OS/c18-11(14-12-13-6-7-19-12)10-8-17(16-15-10)9-4-2-1-3-5-9/h1-8H,(H,13,14,18). The summed E-state index contributed by atoms with van der Waals surface area (Å²) in [4.78, 5) is 15.9. The molecule has 0 saturated heterocycles. The van der Waals surface area contributed by atoms with Crippen LogP contribution in [0.15, 0.2) is 48.1 Å². The summed E-state index contributed by atoms with van der Waals surface area (Å²) in [5, 5.41) is 12.8. The third kappa shape index (κ3) is 2.50. The Hall–Kier alpha value is -2.54. The predicted molar refractivity (Wildman–Crippen MR) is 71.4 cm³/mol. The first-order valence-corrected chi connectivity index (χ1v) is 6.39. The lowest BCUT2D eigenvalue weighted by Crippen LogP contribution is -2.12. The molecule has 0 spiro atoms. The number of hydrogen-bond donors (Lipinski definition) is 1. The zero-order valence-corrected chi connectivity index (χ0v) is 10.5. The molecule has 0 unspecified atom stereocenters. The Morgan fingerprint density at radius 3 is 2.84 bits per heavy atom. The van der Waals surface area contributed by atoms with Crippen molar-refractivity contribution in [3.8, 4) is 5.69 Å². The Kier molecular flexibility index (Phi) is 3.03. The van der Waals surface area contributed by atoms with E-state index >= 15 is 0 Å². The monoisotopic (exact) mass is 271 g/mol. The second kappa shape index (κ2) is 4.99. The number of carbonyl (C=O) groups is 1. The zero-order valence-electron chi connectivity index (χ0n) is 9.72. The molecule has 0 fully saturated rings. The minimum atomic E-state index is -0.322. The summed E-state index contributed by atoms with van der Waals surface area (Å²) >= 11 is 1.35. The van der Waals surface area contributed by atoms with Crippen molar-refractivity contribution in [2.24, 2.45) is 0 Å². The molecule has 6 nitrogen and oxygen atoms in total. The number of nitrogens with one attached hydrogen (secondary N) is 1. The van der Waals surface area contributed by atoms with Crippen molar-refractivity contribution in [1.29, 1.82) is 0 Å². The summed E-state index contributed by atoms with van der Waals surface area (Å²) in [6.07, 6.45) is 3.21. The highest BCUT2D eigenvalue weighted by atomic mass is 32.1. The molecule has 0 aliphatic rings. The van der Waals surface area contributed by atoms with Crippen LogP contribution in [0.1, 0.15) is 10.5 Å². The normalized spacial score (nSPS) is 10.3. The van der Waals surface area contributed by atoms with Crippen LogP contribution in [0.25, 0.3) is 5.69 Å². The van der Waals surface area contributed by atoms with Gasteiger partial charge in [-0.25, -0.2) is 9.67 Å². The molecule has 2 aromatic heterocycles. The number of thiazole rings is 1. The highest BCUT2D eigenvalue weighted by Gasteiger charge is 2.12. The molecule has 3 rings (SSSR count). The van der Waals surface area contributed by atoms with Crippen molar-refractivity contribution in [3.63, 3.8) is 0 Å². The van der Waals surface area contributed by atoms with E-state index in [0.29, 0.717) is 5.13 Å². The molecule has 0 saturated carbocycles. The zero-order chi connectivity index (χ0) is 13.1. The second-order valence-electron chi connectivity index (χ2n) is 3.68. The molecule has 19 heavy (non-hydrogen) atoms. The molecule has 94 valence electrons. The number of para-hydroxylation sites is 1. The summed E-state index contributed by atoms with van der Waals surface area (Å²) in [5.41, 5.74) is 1.10. The molecule has 0 radical (unpaired) electrons. The fraction of sp³-hybridized carbons (Fsp3) is 0. The molecule has 2 heterocycles. The molecule has 1 N–H and O–H groups in total. The van der Waals surface area contributed by atoms with Crippen molar-refractivity contribution in [3.05, 3.63) is 53.8 Å². The van der Waals surface area contributed by atoms with E-state index in [1.807, 2.05) is 30.3 Å². The van der Waals surface area contributed by atoms with Crippen LogP contribution >= 0.6 is 11.3 Å². The van der Waals surface area contributed by atoms with Crippen molar-refractivity contribution in [2.75, 3.05) is 5.32 Å². The Morgan fingerprint density at radius 1 is 1.26 bits per heavy atom. The fourth-order valence-corrected chi connectivity index (χ4v) is 2.05. The molecule has 7 heteroatoms. The number of amides is 1. The Labute approximate surface area is 112 Å². The van der Waals surface area contributed by atoms with Crippen LogP contribution in [0.5, 0.6) is 0 Å². The van der Waals surface area contributed by atoms with Gasteiger partial charge in [-0.2, -0.15) is 0 Å². The topological polar surface area (TPSA) is 72.7 Å². The first-order valence-electron chi connectivity index (χ1n) is 5.51. The predicted octanol–water partition coefficient (Wildman–Crippen LogP) is 1.98. The first kappa shape index (κ1) is 11.5. The van der Waals surface area contributed by atoms with Crippen molar-refractivity contribution < 1.29 is 4.79 Å². The number of anilines is 1. The number of rotatable bonds is 3. The molecule has 0 atom stereocenters. The minimum Gasteiger partial charge on any atom is -0.296 e. The quantitative estimate of drug-likeness (QED) is 0.790. The molecule has 1 amide bonds. The number of hydrogen-bond acceptors (Lipinski definition) is 5. The Balaban J connectivity index is 1.80. The van der Waals surface area contributed by atoms with Gasteiger partial charge in [-0.3, -0.25) is 10.1 Å². The van der Waals surface area contributed by atoms with Gasteiger partial charge in [0.05, 0.1) is 11.9 Å². The smallest absolute Gasteiger partial charge is 0.279 e. The summed E-state index contributed by atoms with van der Waals surface area (Å²) in [5.74, 6) is -0.322. The third-order valence-corrected chi connectivity index (χ3v) is 3.09. The average molecular weight is 271 g/mol. The van der Waals surface area contributed by atoms with Crippen molar-refractivity contribution in [2.45, 2.75) is 0 Å². The number of nitrogens with zero attached hydrogens (tertiary/aromatic N) is 4. The van der Waals surface area contributed by atoms with Gasteiger partial charge in [0.1, 0.15) is 0 Å². The van der Waals surface area contributed by atoms with Gasteiger partial charge in [0.2, 0.25) is 0 Å².